The van der Waals surface area contributed by atoms with Crippen LogP contribution in [0.3, 0.4) is 0 Å². The number of aromatic nitrogens is 3. The fourth-order valence-electron chi connectivity index (χ4n) is 3.64. The highest BCUT2D eigenvalue weighted by Crippen LogP contribution is 2.29. The SMILES string of the molecule is CS(=O)(=O)c1ccccc1Nn1c(C(F)F)[n+](C2CCCCO2)c2nc(Cl)ccc21. The summed E-state index contributed by atoms with van der Waals surface area (Å²) in [5, 5.41) is 0.154. The van der Waals surface area contributed by atoms with Crippen molar-refractivity contribution in [1.29, 1.82) is 0 Å². The van der Waals surface area contributed by atoms with Crippen molar-refractivity contribution in [1.82, 2.24) is 9.66 Å². The fraction of sp³-hybridized carbons (Fsp3) is 0.368. The molecule has 1 aliphatic heterocycles. The minimum Gasteiger partial charge on any atom is -0.345 e. The van der Waals surface area contributed by atoms with Crippen molar-refractivity contribution in [2.24, 2.45) is 0 Å². The lowest BCUT2D eigenvalue weighted by atomic mass is 10.2. The fourth-order valence-corrected chi connectivity index (χ4v) is 4.63. The number of anilines is 1. The third-order valence-electron chi connectivity index (χ3n) is 4.92. The Kier molecular flexibility index (Phi) is 5.65. The molecule has 30 heavy (non-hydrogen) atoms. The van der Waals surface area contributed by atoms with Crippen LogP contribution in [0.4, 0.5) is 14.5 Å². The molecule has 1 atom stereocenters. The van der Waals surface area contributed by atoms with Gasteiger partial charge in [-0.05, 0) is 48.7 Å². The second-order valence-corrected chi connectivity index (χ2v) is 9.41. The summed E-state index contributed by atoms with van der Waals surface area (Å²) in [6, 6.07) is 9.18. The van der Waals surface area contributed by atoms with Crippen molar-refractivity contribution in [2.75, 3.05) is 18.3 Å². The maximum atomic E-state index is 14.3. The Balaban J connectivity index is 1.96. The Hall–Kier alpha value is -2.30. The first kappa shape index (κ1) is 21.0. The Morgan fingerprint density at radius 3 is 2.70 bits per heavy atom. The van der Waals surface area contributed by atoms with Crippen LogP contribution in [0.5, 0.6) is 0 Å². The normalized spacial score (nSPS) is 17.6. The van der Waals surface area contributed by atoms with Crippen LogP contribution in [-0.2, 0) is 14.6 Å². The molecule has 7 nitrogen and oxygen atoms in total. The van der Waals surface area contributed by atoms with Gasteiger partial charge in [-0.3, -0.25) is 0 Å². The number of nitrogens with zero attached hydrogens (tertiary/aromatic N) is 3. The molecule has 3 heterocycles. The molecule has 0 spiro atoms. The van der Waals surface area contributed by atoms with E-state index in [0.29, 0.717) is 18.5 Å². The van der Waals surface area contributed by atoms with E-state index in [9.17, 15) is 17.2 Å². The van der Waals surface area contributed by atoms with Gasteiger partial charge in [0.25, 0.3) is 5.82 Å². The molecule has 1 aliphatic rings. The zero-order valence-corrected chi connectivity index (χ0v) is 17.6. The zero-order valence-electron chi connectivity index (χ0n) is 16.1. The van der Waals surface area contributed by atoms with Gasteiger partial charge in [0.15, 0.2) is 16.1 Å². The number of hydrogen-bond donors (Lipinski definition) is 1. The summed E-state index contributed by atoms with van der Waals surface area (Å²) in [6.07, 6.45) is -0.207. The Morgan fingerprint density at radius 2 is 2.03 bits per heavy atom. The number of benzene rings is 1. The van der Waals surface area contributed by atoms with Crippen LogP contribution in [0.1, 0.15) is 37.7 Å². The van der Waals surface area contributed by atoms with Crippen LogP contribution < -0.4 is 9.99 Å². The predicted molar refractivity (Wildman–Crippen MR) is 107 cm³/mol. The Bertz CT molecular complexity index is 1190. The van der Waals surface area contributed by atoms with E-state index in [1.54, 1.807) is 18.2 Å². The Labute approximate surface area is 177 Å². The second-order valence-electron chi connectivity index (χ2n) is 7.04. The number of pyridine rings is 1. The summed E-state index contributed by atoms with van der Waals surface area (Å²) >= 11 is 6.05. The average molecular weight is 458 g/mol. The maximum absolute atomic E-state index is 14.3. The molecule has 0 aliphatic carbocycles. The molecule has 4 rings (SSSR count). The van der Waals surface area contributed by atoms with Crippen molar-refractivity contribution in [3.63, 3.8) is 0 Å². The summed E-state index contributed by atoms with van der Waals surface area (Å²) in [6.45, 7) is 0.456. The number of ether oxygens (including phenoxy) is 1. The van der Waals surface area contributed by atoms with Gasteiger partial charge in [0.2, 0.25) is 10.7 Å². The van der Waals surface area contributed by atoms with Crippen molar-refractivity contribution < 1.29 is 26.5 Å². The number of para-hydroxylation sites is 1. The summed E-state index contributed by atoms with van der Waals surface area (Å²) in [4.78, 5) is 4.26. The molecule has 0 radical (unpaired) electrons. The first-order chi connectivity index (χ1) is 14.3. The van der Waals surface area contributed by atoms with Gasteiger partial charge in [0.05, 0.1) is 17.2 Å². The first-order valence-electron chi connectivity index (χ1n) is 9.35. The Morgan fingerprint density at radius 1 is 1.27 bits per heavy atom. The second kappa shape index (κ2) is 8.09. The topological polar surface area (TPSA) is 77.1 Å². The number of nitrogens with one attached hydrogen (secondary N) is 1. The van der Waals surface area contributed by atoms with Crippen molar-refractivity contribution in [2.45, 2.75) is 36.8 Å². The lowest BCUT2D eigenvalue weighted by Gasteiger charge is -2.22. The van der Waals surface area contributed by atoms with Gasteiger partial charge < -0.3 is 4.74 Å². The van der Waals surface area contributed by atoms with Crippen LogP contribution in [-0.4, -0.2) is 30.9 Å². The molecule has 160 valence electrons. The summed E-state index contributed by atoms with van der Waals surface area (Å²) < 4.78 is 61.2. The lowest BCUT2D eigenvalue weighted by molar-refractivity contribution is -0.755. The standard InChI is InChI=1S/C19H20ClF2N4O3S/c1-30(27,28)14-7-3-2-6-12(14)24-26-13-9-10-15(20)23-18(13)25(19(26)17(21)22)16-8-4-5-11-29-16/h2-3,6-7,9-10,16-17,24H,4-5,8,11H2,1H3/q+1. The quantitative estimate of drug-likeness (QED) is 0.464. The number of alkyl halides is 2. The van der Waals surface area contributed by atoms with Crippen LogP contribution in [0.25, 0.3) is 11.2 Å². The maximum Gasteiger partial charge on any atom is 0.324 e. The van der Waals surface area contributed by atoms with Crippen LogP contribution in [0, 0.1) is 0 Å². The number of fused-ring (bicyclic) bond motifs is 1. The number of rotatable bonds is 5. The molecule has 0 amide bonds. The smallest absolute Gasteiger partial charge is 0.324 e. The number of sulfone groups is 1. The molecule has 11 heteroatoms. The molecule has 1 unspecified atom stereocenters. The first-order valence-corrected chi connectivity index (χ1v) is 11.6. The molecule has 1 N–H and O–H groups in total. The van der Waals surface area contributed by atoms with Crippen LogP contribution >= 0.6 is 11.6 Å². The molecule has 3 aromatic rings. The molecule has 0 saturated carbocycles. The molecular weight excluding hydrogens is 438 g/mol. The summed E-state index contributed by atoms with van der Waals surface area (Å²) in [7, 11) is -3.59. The van der Waals surface area contributed by atoms with E-state index in [2.05, 4.69) is 10.4 Å². The van der Waals surface area contributed by atoms with E-state index in [0.717, 1.165) is 23.8 Å². The highest BCUT2D eigenvalue weighted by molar-refractivity contribution is 7.90. The van der Waals surface area contributed by atoms with E-state index in [1.807, 2.05) is 0 Å². The lowest BCUT2D eigenvalue weighted by Crippen LogP contribution is -2.46. The van der Waals surface area contributed by atoms with Crippen LogP contribution in [0.2, 0.25) is 5.15 Å². The highest BCUT2D eigenvalue weighted by Gasteiger charge is 2.37. The molecule has 0 bridgehead atoms. The zero-order chi connectivity index (χ0) is 21.5. The third kappa shape index (κ3) is 3.86. The van der Waals surface area contributed by atoms with E-state index < -0.39 is 28.3 Å². The molecule has 1 saturated heterocycles. The molecule has 2 aromatic heterocycles. The highest BCUT2D eigenvalue weighted by atomic mass is 35.5. The summed E-state index contributed by atoms with van der Waals surface area (Å²) in [5.74, 6) is -0.394. The van der Waals surface area contributed by atoms with Crippen molar-refractivity contribution in [3.05, 3.63) is 47.4 Å². The van der Waals surface area contributed by atoms with Gasteiger partial charge in [-0.25, -0.2) is 13.8 Å². The van der Waals surface area contributed by atoms with E-state index in [-0.39, 0.29) is 21.4 Å². The van der Waals surface area contributed by atoms with E-state index >= 15 is 0 Å². The largest absolute Gasteiger partial charge is 0.345 e. The van der Waals surface area contributed by atoms with Crippen LogP contribution in [0.15, 0.2) is 41.3 Å². The van der Waals surface area contributed by atoms with Gasteiger partial charge in [-0.2, -0.15) is 18.0 Å². The minimum absolute atomic E-state index is 0.00513. The van der Waals surface area contributed by atoms with Gasteiger partial charge in [0, 0.05) is 12.7 Å². The summed E-state index contributed by atoms with van der Waals surface area (Å²) in [5.41, 5.74) is 3.58. The molecular formula is C19H20ClF2N4O3S+. The third-order valence-corrected chi connectivity index (χ3v) is 6.29. The van der Waals surface area contributed by atoms with E-state index in [4.69, 9.17) is 16.3 Å². The monoisotopic (exact) mass is 457 g/mol. The molecule has 1 aromatic carbocycles. The minimum atomic E-state index is -3.59. The van der Waals surface area contributed by atoms with Crippen molar-refractivity contribution in [3.8, 4) is 0 Å². The number of imidazole rings is 1. The predicted octanol–water partition coefficient (Wildman–Crippen LogP) is 3.89. The van der Waals surface area contributed by atoms with Gasteiger partial charge in [0.1, 0.15) is 0 Å². The van der Waals surface area contributed by atoms with Gasteiger partial charge in [-0.1, -0.05) is 17.1 Å². The number of hydrogen-bond acceptors (Lipinski definition) is 5. The van der Waals surface area contributed by atoms with Crippen molar-refractivity contribution >= 4 is 38.3 Å². The van der Waals surface area contributed by atoms with Gasteiger partial charge in [-0.15, -0.1) is 0 Å². The average Bonchev–Trinajstić information content (AvgIpc) is 3.02. The molecule has 1 fully saturated rings. The van der Waals surface area contributed by atoms with E-state index in [1.165, 1.54) is 22.8 Å². The number of halogens is 3. The van der Waals surface area contributed by atoms with Gasteiger partial charge >= 0.3 is 12.1 Å².